The molecule has 0 bridgehead atoms. The van der Waals surface area contributed by atoms with Crippen LogP contribution in [-0.4, -0.2) is 45.0 Å². The first-order chi connectivity index (χ1) is 10.0. The maximum absolute atomic E-state index is 12.6. The highest BCUT2D eigenvalue weighted by Crippen LogP contribution is 2.26. The summed E-state index contributed by atoms with van der Waals surface area (Å²) in [5.74, 6) is -0.427. The lowest BCUT2D eigenvalue weighted by Gasteiger charge is -2.35. The molecule has 1 amide bonds. The highest BCUT2D eigenvalue weighted by Gasteiger charge is 2.31. The van der Waals surface area contributed by atoms with Gasteiger partial charge in [-0.3, -0.25) is 14.9 Å². The van der Waals surface area contributed by atoms with Gasteiger partial charge < -0.3 is 10.0 Å². The zero-order valence-corrected chi connectivity index (χ0v) is 12.1. The first-order valence-electron chi connectivity index (χ1n) is 6.76. The predicted molar refractivity (Wildman–Crippen MR) is 76.3 cm³/mol. The quantitative estimate of drug-likeness (QED) is 0.521. The number of aromatic nitrogens is 1. The molecule has 1 aromatic rings. The monoisotopic (exact) mass is 313 g/mol. The van der Waals surface area contributed by atoms with Crippen LogP contribution in [0.5, 0.6) is 0 Å². The van der Waals surface area contributed by atoms with E-state index in [2.05, 4.69) is 4.98 Å². The van der Waals surface area contributed by atoms with E-state index in [1.54, 1.807) is 4.90 Å². The van der Waals surface area contributed by atoms with Gasteiger partial charge in [0.15, 0.2) is 0 Å². The minimum Gasteiger partial charge on any atom is -0.396 e. The molecule has 1 fully saturated rings. The Hall–Kier alpha value is -1.73. The number of hydrogen-bond donors (Lipinski definition) is 1. The molecule has 1 atom stereocenters. The van der Waals surface area contributed by atoms with E-state index in [0.29, 0.717) is 13.0 Å². The Kier molecular flexibility index (Phi) is 5.08. The fourth-order valence-electron chi connectivity index (χ4n) is 2.61. The number of rotatable bonds is 4. The van der Waals surface area contributed by atoms with Crippen LogP contribution in [0.3, 0.4) is 0 Å². The largest absolute Gasteiger partial charge is 0.396 e. The lowest BCUT2D eigenvalue weighted by molar-refractivity contribution is -0.385. The fraction of sp³-hybridized carbons (Fsp3) is 0.538. The van der Waals surface area contributed by atoms with Crippen molar-refractivity contribution in [2.75, 3.05) is 13.2 Å². The normalized spacial score (nSPS) is 18.6. The highest BCUT2D eigenvalue weighted by atomic mass is 35.5. The van der Waals surface area contributed by atoms with Gasteiger partial charge in [-0.25, -0.2) is 4.98 Å². The second kappa shape index (κ2) is 6.82. The number of carbonyl (C=O) groups excluding carboxylic acids is 1. The minimum absolute atomic E-state index is 0.0202. The number of piperidine rings is 1. The van der Waals surface area contributed by atoms with Gasteiger partial charge in [0.25, 0.3) is 11.6 Å². The number of nitrogens with zero attached hydrogens (tertiary/aromatic N) is 3. The van der Waals surface area contributed by atoms with E-state index in [0.717, 1.165) is 25.5 Å². The summed E-state index contributed by atoms with van der Waals surface area (Å²) in [6.45, 7) is 0.508. The lowest BCUT2D eigenvalue weighted by Crippen LogP contribution is -2.44. The van der Waals surface area contributed by atoms with Gasteiger partial charge in [0.1, 0.15) is 16.9 Å². The number of halogens is 1. The van der Waals surface area contributed by atoms with Gasteiger partial charge in [0.05, 0.1) is 4.92 Å². The van der Waals surface area contributed by atoms with Crippen LogP contribution in [0.25, 0.3) is 0 Å². The first-order valence-corrected chi connectivity index (χ1v) is 7.14. The van der Waals surface area contributed by atoms with Crippen LogP contribution in [0.1, 0.15) is 36.0 Å². The molecule has 0 spiro atoms. The number of aliphatic hydroxyl groups excluding tert-OH is 1. The van der Waals surface area contributed by atoms with Crippen LogP contribution in [0.2, 0.25) is 5.15 Å². The molecule has 1 N–H and O–H groups in total. The Morgan fingerprint density at radius 3 is 3.00 bits per heavy atom. The molecule has 2 heterocycles. The maximum Gasteiger partial charge on any atom is 0.300 e. The molecule has 0 aliphatic carbocycles. The Morgan fingerprint density at radius 2 is 2.33 bits per heavy atom. The van der Waals surface area contributed by atoms with Crippen molar-refractivity contribution in [1.29, 1.82) is 0 Å². The number of nitro groups is 1. The molecule has 1 unspecified atom stereocenters. The van der Waals surface area contributed by atoms with E-state index in [-0.39, 0.29) is 29.1 Å². The third-order valence-electron chi connectivity index (χ3n) is 3.63. The Bertz CT molecular complexity index is 550. The molecule has 1 saturated heterocycles. The van der Waals surface area contributed by atoms with Crippen molar-refractivity contribution >= 4 is 23.2 Å². The lowest BCUT2D eigenvalue weighted by atomic mass is 9.98. The van der Waals surface area contributed by atoms with Gasteiger partial charge in [0.2, 0.25) is 0 Å². The fourth-order valence-corrected chi connectivity index (χ4v) is 2.77. The summed E-state index contributed by atoms with van der Waals surface area (Å²) in [4.78, 5) is 28.3. The van der Waals surface area contributed by atoms with E-state index in [4.69, 9.17) is 16.7 Å². The SMILES string of the molecule is O=C(c1cc(Cl)ncc1[N+](=O)[O-])N1CCCCC1CCO. The average molecular weight is 314 g/mol. The number of pyridine rings is 1. The molecular formula is C13H16ClN3O4. The van der Waals surface area contributed by atoms with Crippen LogP contribution in [0, 0.1) is 10.1 Å². The van der Waals surface area contributed by atoms with E-state index in [9.17, 15) is 14.9 Å². The summed E-state index contributed by atoms with van der Waals surface area (Å²) in [5, 5.41) is 20.2. The maximum atomic E-state index is 12.6. The molecule has 0 saturated carbocycles. The molecule has 114 valence electrons. The van der Waals surface area contributed by atoms with Crippen molar-refractivity contribution in [3.63, 3.8) is 0 Å². The van der Waals surface area contributed by atoms with Gasteiger partial charge in [-0.05, 0) is 31.7 Å². The van der Waals surface area contributed by atoms with Crippen LogP contribution >= 0.6 is 11.6 Å². The molecule has 21 heavy (non-hydrogen) atoms. The standard InChI is InChI=1S/C13H16ClN3O4/c14-12-7-10(11(8-15-12)17(20)21)13(19)16-5-2-1-3-9(16)4-6-18/h7-9,18H,1-6H2. The molecule has 0 radical (unpaired) electrons. The Morgan fingerprint density at radius 1 is 1.57 bits per heavy atom. The number of likely N-dealkylation sites (tertiary alicyclic amines) is 1. The third-order valence-corrected chi connectivity index (χ3v) is 3.83. The van der Waals surface area contributed by atoms with Crippen molar-refractivity contribution in [3.05, 3.63) is 33.1 Å². The smallest absolute Gasteiger partial charge is 0.300 e. The van der Waals surface area contributed by atoms with Crippen LogP contribution in [0.15, 0.2) is 12.3 Å². The molecule has 1 aromatic heterocycles. The summed E-state index contributed by atoms with van der Waals surface area (Å²) in [6, 6.07) is 1.13. The van der Waals surface area contributed by atoms with E-state index < -0.39 is 10.8 Å². The molecule has 1 aliphatic rings. The first kappa shape index (κ1) is 15.7. The predicted octanol–water partition coefficient (Wildman–Crippen LogP) is 2.02. The van der Waals surface area contributed by atoms with Crippen molar-refractivity contribution < 1.29 is 14.8 Å². The van der Waals surface area contributed by atoms with Crippen molar-refractivity contribution in [3.8, 4) is 0 Å². The summed E-state index contributed by atoms with van der Waals surface area (Å²) in [6.07, 6.45) is 4.09. The molecule has 7 nitrogen and oxygen atoms in total. The molecular weight excluding hydrogens is 298 g/mol. The molecule has 1 aliphatic heterocycles. The molecule has 8 heteroatoms. The van der Waals surface area contributed by atoms with E-state index >= 15 is 0 Å². The van der Waals surface area contributed by atoms with Crippen LogP contribution in [0.4, 0.5) is 5.69 Å². The zero-order valence-electron chi connectivity index (χ0n) is 11.4. The van der Waals surface area contributed by atoms with Crippen molar-refractivity contribution in [2.24, 2.45) is 0 Å². The second-order valence-electron chi connectivity index (χ2n) is 4.94. The number of carbonyl (C=O) groups is 1. The van der Waals surface area contributed by atoms with Crippen molar-refractivity contribution in [1.82, 2.24) is 9.88 Å². The summed E-state index contributed by atoms with van der Waals surface area (Å²) >= 11 is 5.76. The van der Waals surface area contributed by atoms with Gasteiger partial charge in [-0.1, -0.05) is 11.6 Å². The minimum atomic E-state index is -0.637. The zero-order chi connectivity index (χ0) is 15.4. The Labute approximate surface area is 126 Å². The average Bonchev–Trinajstić information content (AvgIpc) is 2.47. The number of aliphatic hydroxyl groups is 1. The van der Waals surface area contributed by atoms with Crippen LogP contribution < -0.4 is 0 Å². The Balaban J connectivity index is 2.33. The number of amides is 1. The highest BCUT2D eigenvalue weighted by molar-refractivity contribution is 6.29. The van der Waals surface area contributed by atoms with Gasteiger partial charge in [-0.2, -0.15) is 0 Å². The second-order valence-corrected chi connectivity index (χ2v) is 5.33. The topological polar surface area (TPSA) is 96.6 Å². The van der Waals surface area contributed by atoms with Crippen molar-refractivity contribution in [2.45, 2.75) is 31.7 Å². The van der Waals surface area contributed by atoms with E-state index in [1.165, 1.54) is 6.07 Å². The van der Waals surface area contributed by atoms with Crippen LogP contribution in [-0.2, 0) is 0 Å². The molecule has 2 rings (SSSR count). The number of hydrogen-bond acceptors (Lipinski definition) is 5. The summed E-state index contributed by atoms with van der Waals surface area (Å²) in [7, 11) is 0. The van der Waals surface area contributed by atoms with Gasteiger partial charge in [0, 0.05) is 19.2 Å². The van der Waals surface area contributed by atoms with E-state index in [1.807, 2.05) is 0 Å². The summed E-state index contributed by atoms with van der Waals surface area (Å²) in [5.41, 5.74) is -0.400. The van der Waals surface area contributed by atoms with Gasteiger partial charge in [-0.15, -0.1) is 0 Å². The van der Waals surface area contributed by atoms with Gasteiger partial charge >= 0.3 is 0 Å². The third kappa shape index (κ3) is 3.48. The molecule has 0 aromatic carbocycles. The summed E-state index contributed by atoms with van der Waals surface area (Å²) < 4.78 is 0.